The number of benzene rings is 1. The number of aliphatic carboxylic acids is 1. The molecule has 16 heteroatoms. The molecule has 1 saturated heterocycles. The number of phenols is 2. The first-order chi connectivity index (χ1) is 17.6. The van der Waals surface area contributed by atoms with Crippen LogP contribution in [0.5, 0.6) is 11.5 Å². The zero-order chi connectivity index (χ0) is 26.9. The maximum absolute atomic E-state index is 12.9. The van der Waals surface area contributed by atoms with Crippen molar-refractivity contribution in [3.63, 3.8) is 0 Å². The highest BCUT2D eigenvalue weighted by Gasteiger charge is 2.54. The fraction of sp³-hybridized carbons (Fsp3) is 0.238. The normalized spacial score (nSPS) is 19.1. The number of nitrogens with zero attached hydrogens (tertiary/aromatic N) is 3. The Morgan fingerprint density at radius 1 is 1.30 bits per heavy atom. The summed E-state index contributed by atoms with van der Waals surface area (Å²) in [6, 6.07) is 2.29. The summed E-state index contributed by atoms with van der Waals surface area (Å²) in [6.07, 6.45) is 0. The number of ether oxygens (including phenoxy) is 1. The van der Waals surface area contributed by atoms with Crippen LogP contribution in [0, 0.1) is 0 Å². The fourth-order valence-electron chi connectivity index (χ4n) is 3.58. The molecule has 0 unspecified atom stereocenters. The molecule has 2 amide bonds. The molecular weight excluding hydrogens is 530 g/mol. The summed E-state index contributed by atoms with van der Waals surface area (Å²) in [5.41, 5.74) is 5.31. The Morgan fingerprint density at radius 3 is 2.68 bits per heavy atom. The number of esters is 1. The standard InChI is InChI=1S/C21H19N5O9S2/c1-34-25-13(10-7-37-21(22)23-10)16(29)24-14-17(30)26-15(19(31)32)9(6-36-18(14)26)5-35-20(33)8-2-3-11(27)12(28)4-8/h2-4,7,14,18,27-28H,5-6H2,1H3,(H2,22,23)(H,24,29)(H,31,32)/b25-13-/t14-,18-/m1/s1. The lowest BCUT2D eigenvalue weighted by Gasteiger charge is -2.49. The van der Waals surface area contributed by atoms with Crippen LogP contribution < -0.4 is 11.1 Å². The molecule has 0 aliphatic carbocycles. The molecule has 0 bridgehead atoms. The van der Waals surface area contributed by atoms with Crippen molar-refractivity contribution in [1.82, 2.24) is 15.2 Å². The van der Waals surface area contributed by atoms with Gasteiger partial charge in [0, 0.05) is 16.7 Å². The summed E-state index contributed by atoms with van der Waals surface area (Å²) in [7, 11) is 1.24. The highest BCUT2D eigenvalue weighted by molar-refractivity contribution is 8.00. The number of fused-ring (bicyclic) bond motifs is 1. The first-order valence-electron chi connectivity index (χ1n) is 10.3. The van der Waals surface area contributed by atoms with Crippen LogP contribution in [-0.4, -0.2) is 85.6 Å². The van der Waals surface area contributed by atoms with Crippen LogP contribution in [0.25, 0.3) is 0 Å². The second-order valence-electron chi connectivity index (χ2n) is 7.59. The van der Waals surface area contributed by atoms with Gasteiger partial charge in [-0.05, 0) is 18.2 Å². The molecule has 0 saturated carbocycles. The quantitative estimate of drug-likeness (QED) is 0.0973. The summed E-state index contributed by atoms with van der Waals surface area (Å²) in [5.74, 6) is -4.56. The van der Waals surface area contributed by atoms with E-state index in [-0.39, 0.29) is 39.1 Å². The van der Waals surface area contributed by atoms with Crippen LogP contribution in [0.15, 0.2) is 40.0 Å². The molecule has 37 heavy (non-hydrogen) atoms. The van der Waals surface area contributed by atoms with E-state index in [0.717, 1.165) is 28.4 Å². The molecule has 0 radical (unpaired) electrons. The number of nitrogen functional groups attached to an aromatic ring is 1. The second-order valence-corrected chi connectivity index (χ2v) is 9.59. The lowest BCUT2D eigenvalue weighted by molar-refractivity contribution is -0.150. The van der Waals surface area contributed by atoms with Crippen molar-refractivity contribution in [2.24, 2.45) is 5.16 Å². The van der Waals surface area contributed by atoms with Crippen LogP contribution in [0.1, 0.15) is 16.1 Å². The Morgan fingerprint density at radius 2 is 2.05 bits per heavy atom. The van der Waals surface area contributed by atoms with E-state index in [1.165, 1.54) is 30.3 Å². The van der Waals surface area contributed by atoms with Crippen molar-refractivity contribution in [1.29, 1.82) is 0 Å². The number of thiazole rings is 1. The van der Waals surface area contributed by atoms with Crippen molar-refractivity contribution < 1.29 is 44.1 Å². The third-order valence-electron chi connectivity index (χ3n) is 5.29. The van der Waals surface area contributed by atoms with Crippen molar-refractivity contribution in [3.05, 3.63) is 46.1 Å². The number of β-lactam (4-membered cyclic amide) rings is 1. The number of carbonyl (C=O) groups is 4. The van der Waals surface area contributed by atoms with E-state index in [0.29, 0.717) is 0 Å². The summed E-state index contributed by atoms with van der Waals surface area (Å²) in [5, 5.41) is 35.9. The number of carboxylic acid groups (broad SMARTS) is 1. The lowest BCUT2D eigenvalue weighted by atomic mass is 10.0. The van der Waals surface area contributed by atoms with E-state index in [4.69, 9.17) is 15.3 Å². The van der Waals surface area contributed by atoms with Gasteiger partial charge in [-0.3, -0.25) is 14.5 Å². The molecule has 2 aromatic rings. The predicted octanol–water partition coefficient (Wildman–Crippen LogP) is 0.0826. The third-order valence-corrected chi connectivity index (χ3v) is 7.30. The SMILES string of the molecule is CO/N=C(\C(=O)N[C@@H]1C(=O)N2C(C(=O)O)=C(COC(=O)c3ccc(O)c(O)c3)CS[C@H]12)c1csc(N)n1. The van der Waals surface area contributed by atoms with E-state index < -0.39 is 53.3 Å². The average Bonchev–Trinajstić information content (AvgIpc) is 3.30. The van der Waals surface area contributed by atoms with Gasteiger partial charge in [-0.25, -0.2) is 14.6 Å². The maximum atomic E-state index is 12.9. The number of aromatic nitrogens is 1. The number of amides is 2. The monoisotopic (exact) mass is 549 g/mol. The topological polar surface area (TPSA) is 214 Å². The van der Waals surface area contributed by atoms with Crippen LogP contribution in [0.3, 0.4) is 0 Å². The Bertz CT molecular complexity index is 1360. The molecule has 1 aromatic heterocycles. The highest BCUT2D eigenvalue weighted by atomic mass is 32.2. The Hall–Kier alpha value is -4.31. The first-order valence-corrected chi connectivity index (χ1v) is 12.3. The molecule has 194 valence electrons. The summed E-state index contributed by atoms with van der Waals surface area (Å²) >= 11 is 2.26. The summed E-state index contributed by atoms with van der Waals surface area (Å²) in [4.78, 5) is 59.7. The van der Waals surface area contributed by atoms with Gasteiger partial charge in [-0.1, -0.05) is 5.16 Å². The molecule has 0 spiro atoms. The highest BCUT2D eigenvalue weighted by Crippen LogP contribution is 2.40. The zero-order valence-electron chi connectivity index (χ0n) is 18.9. The number of aromatic hydroxyl groups is 2. The Kier molecular flexibility index (Phi) is 7.21. The average molecular weight is 550 g/mol. The Balaban J connectivity index is 1.47. The number of nitrogens with two attached hydrogens (primary N) is 1. The minimum atomic E-state index is -1.41. The molecule has 2 atom stereocenters. The number of oxime groups is 1. The third kappa shape index (κ3) is 5.01. The van der Waals surface area contributed by atoms with Gasteiger partial charge in [0.15, 0.2) is 22.3 Å². The first kappa shape index (κ1) is 25.8. The number of phenolic OH excluding ortho intramolecular Hbond substituents is 2. The smallest absolute Gasteiger partial charge is 0.352 e. The van der Waals surface area contributed by atoms with Crippen LogP contribution >= 0.6 is 23.1 Å². The number of hydrogen-bond acceptors (Lipinski definition) is 13. The van der Waals surface area contributed by atoms with Gasteiger partial charge >= 0.3 is 11.9 Å². The summed E-state index contributed by atoms with van der Waals surface area (Å²) in [6.45, 7) is -0.432. The number of nitrogens with one attached hydrogen (secondary N) is 1. The van der Waals surface area contributed by atoms with E-state index in [1.807, 2.05) is 0 Å². The second kappa shape index (κ2) is 10.4. The van der Waals surface area contributed by atoms with Crippen molar-refractivity contribution in [3.8, 4) is 11.5 Å². The number of anilines is 1. The molecule has 6 N–H and O–H groups in total. The predicted molar refractivity (Wildman–Crippen MR) is 130 cm³/mol. The lowest BCUT2D eigenvalue weighted by Crippen LogP contribution is -2.71. The molecule has 2 aliphatic rings. The number of carbonyl (C=O) groups excluding carboxylic acids is 3. The van der Waals surface area contributed by atoms with Gasteiger partial charge in [0.2, 0.25) is 0 Å². The largest absolute Gasteiger partial charge is 0.504 e. The molecule has 1 fully saturated rings. The van der Waals surface area contributed by atoms with Gasteiger partial charge in [0.05, 0.1) is 5.56 Å². The maximum Gasteiger partial charge on any atom is 0.352 e. The van der Waals surface area contributed by atoms with Crippen LogP contribution in [0.2, 0.25) is 0 Å². The van der Waals surface area contributed by atoms with Gasteiger partial charge in [-0.15, -0.1) is 23.1 Å². The van der Waals surface area contributed by atoms with Crippen molar-refractivity contribution >= 4 is 57.7 Å². The van der Waals surface area contributed by atoms with Gasteiger partial charge < -0.3 is 35.9 Å². The van der Waals surface area contributed by atoms with Crippen molar-refractivity contribution in [2.75, 3.05) is 25.2 Å². The van der Waals surface area contributed by atoms with E-state index >= 15 is 0 Å². The molecule has 1 aromatic carbocycles. The van der Waals surface area contributed by atoms with Crippen LogP contribution in [0.4, 0.5) is 5.13 Å². The minimum Gasteiger partial charge on any atom is -0.504 e. The number of hydrogen-bond donors (Lipinski definition) is 5. The van der Waals surface area contributed by atoms with Crippen LogP contribution in [-0.2, 0) is 24.0 Å². The van der Waals surface area contributed by atoms with Crippen molar-refractivity contribution in [2.45, 2.75) is 11.4 Å². The van der Waals surface area contributed by atoms with Gasteiger partial charge in [0.25, 0.3) is 11.8 Å². The van der Waals surface area contributed by atoms with Gasteiger partial charge in [0.1, 0.15) is 36.5 Å². The van der Waals surface area contributed by atoms with Gasteiger partial charge in [-0.2, -0.15) is 0 Å². The number of rotatable bonds is 8. The molecule has 14 nitrogen and oxygen atoms in total. The number of thioether (sulfide) groups is 1. The summed E-state index contributed by atoms with van der Waals surface area (Å²) < 4.78 is 5.17. The van der Waals surface area contributed by atoms with E-state index in [2.05, 4.69) is 15.5 Å². The molecular formula is C21H19N5O9S2. The molecule has 3 heterocycles. The molecule has 4 rings (SSSR count). The number of carboxylic acids is 1. The fourth-order valence-corrected chi connectivity index (χ4v) is 5.46. The van der Waals surface area contributed by atoms with E-state index in [9.17, 15) is 34.5 Å². The Labute approximate surface area is 216 Å². The minimum absolute atomic E-state index is 0.0627. The zero-order valence-corrected chi connectivity index (χ0v) is 20.5. The van der Waals surface area contributed by atoms with E-state index in [1.54, 1.807) is 0 Å². The molecule has 2 aliphatic heterocycles.